The topological polar surface area (TPSA) is 98.9 Å². The van der Waals surface area contributed by atoms with Crippen LogP contribution in [-0.4, -0.2) is 43.6 Å². The summed E-state index contributed by atoms with van der Waals surface area (Å²) >= 11 is 0. The fraction of sp³-hybridized carbons (Fsp3) is 0.344. The molecule has 39 heavy (non-hydrogen) atoms. The Morgan fingerprint density at radius 3 is 2.54 bits per heavy atom. The number of imidazole rings is 1. The summed E-state index contributed by atoms with van der Waals surface area (Å²) in [6.45, 7) is 11.0. The van der Waals surface area contributed by atoms with Crippen molar-refractivity contribution in [2.45, 2.75) is 59.5 Å². The lowest BCUT2D eigenvalue weighted by molar-refractivity contribution is 0.265. The van der Waals surface area contributed by atoms with Crippen molar-refractivity contribution in [3.63, 3.8) is 0 Å². The Labute approximate surface area is 232 Å². The van der Waals surface area contributed by atoms with Crippen molar-refractivity contribution < 1.29 is 0 Å². The number of fused-ring (bicyclic) bond motifs is 1. The molecule has 1 atom stereocenters. The minimum Gasteiger partial charge on any atom is -0.383 e. The van der Waals surface area contributed by atoms with Crippen LogP contribution >= 0.6 is 0 Å². The molecule has 0 bridgehead atoms. The molecule has 0 spiro atoms. The second-order valence-corrected chi connectivity index (χ2v) is 9.65. The molecular formula is C32H41N7. The van der Waals surface area contributed by atoms with Crippen LogP contribution < -0.4 is 11.5 Å². The molecule has 1 aliphatic rings. The number of rotatable bonds is 6. The number of allylic oxidation sites excluding steroid dienone is 4. The highest BCUT2D eigenvalue weighted by molar-refractivity contribution is 5.85. The molecule has 4 aromatic rings. The number of benzene rings is 1. The second-order valence-electron chi connectivity index (χ2n) is 9.65. The van der Waals surface area contributed by atoms with E-state index in [1.165, 1.54) is 18.4 Å². The van der Waals surface area contributed by atoms with Crippen molar-refractivity contribution in [2.24, 2.45) is 5.73 Å². The van der Waals surface area contributed by atoms with Crippen LogP contribution in [0.15, 0.2) is 73.0 Å². The first-order valence-corrected chi connectivity index (χ1v) is 14.0. The van der Waals surface area contributed by atoms with Gasteiger partial charge in [-0.1, -0.05) is 50.6 Å². The van der Waals surface area contributed by atoms with Gasteiger partial charge in [-0.05, 0) is 80.8 Å². The van der Waals surface area contributed by atoms with Gasteiger partial charge in [-0.3, -0.25) is 9.47 Å². The van der Waals surface area contributed by atoms with E-state index in [-0.39, 0.29) is 6.04 Å². The van der Waals surface area contributed by atoms with E-state index in [0.29, 0.717) is 5.82 Å². The maximum Gasteiger partial charge on any atom is 0.165 e. The molecule has 0 radical (unpaired) electrons. The van der Waals surface area contributed by atoms with Crippen LogP contribution in [0.3, 0.4) is 0 Å². The Kier molecular flexibility index (Phi) is 9.63. The summed E-state index contributed by atoms with van der Waals surface area (Å²) in [6.07, 6.45) is 11.4. The summed E-state index contributed by atoms with van der Waals surface area (Å²) in [5.74, 6) is 1.17. The average molecular weight is 524 g/mol. The molecule has 1 unspecified atom stereocenters. The summed E-state index contributed by atoms with van der Waals surface area (Å²) in [6, 6.07) is 16.8. The van der Waals surface area contributed by atoms with E-state index in [0.717, 1.165) is 65.6 Å². The maximum absolute atomic E-state index is 6.29. The lowest BCUT2D eigenvalue weighted by Crippen LogP contribution is -2.35. The zero-order valence-corrected chi connectivity index (χ0v) is 23.6. The van der Waals surface area contributed by atoms with E-state index < -0.39 is 0 Å². The lowest BCUT2D eigenvalue weighted by Gasteiger charge is -2.22. The Hall–Kier alpha value is -3.81. The zero-order chi connectivity index (χ0) is 27.8. The number of aromatic nitrogens is 4. The lowest BCUT2D eigenvalue weighted by atomic mass is 10.1. The van der Waals surface area contributed by atoms with Crippen molar-refractivity contribution in [3.05, 3.63) is 84.2 Å². The first kappa shape index (κ1) is 28.2. The number of nitrogen functional groups attached to an aromatic ring is 1. The molecule has 0 amide bonds. The fourth-order valence-corrected chi connectivity index (χ4v) is 5.07. The van der Waals surface area contributed by atoms with Crippen molar-refractivity contribution in [2.75, 3.05) is 18.8 Å². The highest BCUT2D eigenvalue weighted by Crippen LogP contribution is 2.31. The average Bonchev–Trinajstić information content (AvgIpc) is 3.21. The SMILES string of the molecule is C/C=C\C(=C/C)c1ccc2nc(-c3cccnc3N)n(-c3ccc(CN4CCCCC(N)C4)cc3)c2n1.CC. The first-order valence-electron chi connectivity index (χ1n) is 14.0. The van der Waals surface area contributed by atoms with Gasteiger partial charge in [0.1, 0.15) is 11.3 Å². The van der Waals surface area contributed by atoms with Crippen LogP contribution in [0, 0.1) is 0 Å². The van der Waals surface area contributed by atoms with Crippen LogP contribution in [0.5, 0.6) is 0 Å². The third kappa shape index (κ3) is 6.44. The number of hydrogen-bond donors (Lipinski definition) is 2. The van der Waals surface area contributed by atoms with E-state index in [9.17, 15) is 0 Å². The summed E-state index contributed by atoms with van der Waals surface area (Å²) in [4.78, 5) is 16.8. The van der Waals surface area contributed by atoms with Gasteiger partial charge in [0, 0.05) is 31.0 Å². The highest BCUT2D eigenvalue weighted by atomic mass is 15.1. The van der Waals surface area contributed by atoms with Crippen molar-refractivity contribution in [1.29, 1.82) is 0 Å². The largest absolute Gasteiger partial charge is 0.383 e. The monoisotopic (exact) mass is 523 g/mol. The molecule has 7 heteroatoms. The van der Waals surface area contributed by atoms with E-state index in [1.54, 1.807) is 6.20 Å². The summed E-state index contributed by atoms with van der Waals surface area (Å²) in [5.41, 5.74) is 19.2. The van der Waals surface area contributed by atoms with Crippen molar-refractivity contribution in [3.8, 4) is 17.1 Å². The number of likely N-dealkylation sites (tertiary alicyclic amines) is 1. The molecule has 3 aromatic heterocycles. The molecule has 1 saturated heterocycles. The van der Waals surface area contributed by atoms with Gasteiger partial charge in [-0.2, -0.15) is 0 Å². The number of nitrogens with two attached hydrogens (primary N) is 2. The molecule has 1 aliphatic heterocycles. The highest BCUT2D eigenvalue weighted by Gasteiger charge is 2.19. The van der Waals surface area contributed by atoms with Gasteiger partial charge in [0.2, 0.25) is 0 Å². The van der Waals surface area contributed by atoms with Crippen LogP contribution in [0.2, 0.25) is 0 Å². The molecular weight excluding hydrogens is 482 g/mol. The van der Waals surface area contributed by atoms with E-state index in [2.05, 4.69) is 50.9 Å². The van der Waals surface area contributed by atoms with E-state index >= 15 is 0 Å². The van der Waals surface area contributed by atoms with Crippen LogP contribution in [0.25, 0.3) is 33.8 Å². The quantitative estimate of drug-likeness (QED) is 0.284. The molecule has 4 heterocycles. The Morgan fingerprint density at radius 1 is 1.03 bits per heavy atom. The van der Waals surface area contributed by atoms with Gasteiger partial charge >= 0.3 is 0 Å². The predicted octanol–water partition coefficient (Wildman–Crippen LogP) is 6.38. The zero-order valence-electron chi connectivity index (χ0n) is 23.6. The molecule has 204 valence electrons. The molecule has 1 aromatic carbocycles. The summed E-state index contributed by atoms with van der Waals surface area (Å²) in [7, 11) is 0. The second kappa shape index (κ2) is 13.3. The predicted molar refractivity (Wildman–Crippen MR) is 163 cm³/mol. The number of pyridine rings is 2. The minimum absolute atomic E-state index is 0.261. The van der Waals surface area contributed by atoms with Crippen LogP contribution in [0.4, 0.5) is 5.82 Å². The third-order valence-corrected chi connectivity index (χ3v) is 6.93. The molecule has 1 fully saturated rings. The number of anilines is 1. The van der Waals surface area contributed by atoms with Crippen LogP contribution in [0.1, 0.15) is 58.2 Å². The van der Waals surface area contributed by atoms with E-state index in [4.69, 9.17) is 21.4 Å². The molecule has 7 nitrogen and oxygen atoms in total. The minimum atomic E-state index is 0.261. The Balaban J connectivity index is 0.00000172. The van der Waals surface area contributed by atoms with Crippen molar-refractivity contribution in [1.82, 2.24) is 24.4 Å². The molecule has 4 N–H and O–H groups in total. The number of hydrogen-bond acceptors (Lipinski definition) is 6. The van der Waals surface area contributed by atoms with Gasteiger partial charge in [0.05, 0.1) is 11.3 Å². The molecule has 0 aliphatic carbocycles. The smallest absolute Gasteiger partial charge is 0.165 e. The van der Waals surface area contributed by atoms with Gasteiger partial charge in [-0.25, -0.2) is 15.0 Å². The summed E-state index contributed by atoms with van der Waals surface area (Å²) in [5, 5.41) is 0. The number of nitrogens with zero attached hydrogens (tertiary/aromatic N) is 5. The van der Waals surface area contributed by atoms with Gasteiger partial charge in [0.25, 0.3) is 0 Å². The van der Waals surface area contributed by atoms with Gasteiger partial charge in [-0.15, -0.1) is 0 Å². The first-order chi connectivity index (χ1) is 19.1. The molecule has 5 rings (SSSR count). The van der Waals surface area contributed by atoms with Gasteiger partial charge in [0.15, 0.2) is 11.5 Å². The van der Waals surface area contributed by atoms with Crippen molar-refractivity contribution >= 4 is 22.6 Å². The fourth-order valence-electron chi connectivity index (χ4n) is 5.07. The normalized spacial score (nSPS) is 16.7. The maximum atomic E-state index is 6.29. The Morgan fingerprint density at radius 2 is 1.82 bits per heavy atom. The van der Waals surface area contributed by atoms with Crippen LogP contribution in [-0.2, 0) is 6.54 Å². The summed E-state index contributed by atoms with van der Waals surface area (Å²) < 4.78 is 2.08. The standard InChI is InChI=1S/C30H35N7.C2H6/c1-3-8-22(4-2)26-15-16-27-30(34-26)37(29(35-27)25-10-7-17-33-28(25)32)24-13-11-21(12-14-24)19-36-18-6-5-9-23(31)20-36;1-2/h3-4,7-8,10-17,23H,5-6,9,18-20,31H2,1-2H3,(H2,32,33);1-2H3/b8-3-,22-4+;. The van der Waals surface area contributed by atoms with Gasteiger partial charge < -0.3 is 11.5 Å². The third-order valence-electron chi connectivity index (χ3n) is 6.93. The van der Waals surface area contributed by atoms with E-state index in [1.807, 2.05) is 58.0 Å². The Bertz CT molecular complexity index is 1430. The molecule has 0 saturated carbocycles.